The Bertz CT molecular complexity index is 700. The minimum atomic E-state index is -0.465. The summed E-state index contributed by atoms with van der Waals surface area (Å²) in [6, 6.07) is 8.42. The van der Waals surface area contributed by atoms with Gasteiger partial charge in [0.05, 0.1) is 11.5 Å². The van der Waals surface area contributed by atoms with E-state index in [0.717, 1.165) is 10.0 Å². The lowest BCUT2D eigenvalue weighted by Crippen LogP contribution is -1.99. The normalized spacial score (nSPS) is 10.5. The van der Waals surface area contributed by atoms with E-state index in [1.807, 2.05) is 6.07 Å². The molecule has 0 aliphatic heterocycles. The third-order valence-electron chi connectivity index (χ3n) is 3.00. The number of nitro benzene ring substituents is 1. The van der Waals surface area contributed by atoms with E-state index in [0.29, 0.717) is 16.9 Å². The summed E-state index contributed by atoms with van der Waals surface area (Å²) in [6.07, 6.45) is 0. The Labute approximate surface area is 130 Å². The number of halogens is 1. The van der Waals surface area contributed by atoms with Gasteiger partial charge in [-0.1, -0.05) is 22.0 Å². The van der Waals surface area contributed by atoms with Gasteiger partial charge < -0.3 is 9.84 Å². The molecule has 0 heterocycles. The minimum absolute atomic E-state index is 0.0840. The van der Waals surface area contributed by atoms with Crippen LogP contribution < -0.4 is 4.74 Å². The summed E-state index contributed by atoms with van der Waals surface area (Å²) in [7, 11) is 0. The standard InChI is InChI=1S/C15H14BrNO4/c1-9-5-10(2)15(13(6-9)17(19)20)21-14-4-3-12(16)7-11(14)8-18/h3-7,18H,8H2,1-2H3. The van der Waals surface area contributed by atoms with Crippen LogP contribution >= 0.6 is 15.9 Å². The molecule has 0 aliphatic rings. The second kappa shape index (κ2) is 6.24. The lowest BCUT2D eigenvalue weighted by atomic mass is 10.1. The Morgan fingerprint density at radius 2 is 2.00 bits per heavy atom. The van der Waals surface area contributed by atoms with Crippen LogP contribution in [0, 0.1) is 24.0 Å². The van der Waals surface area contributed by atoms with Crippen molar-refractivity contribution >= 4 is 21.6 Å². The average molecular weight is 352 g/mol. The van der Waals surface area contributed by atoms with Crippen molar-refractivity contribution in [2.75, 3.05) is 0 Å². The Hall–Kier alpha value is -1.92. The monoisotopic (exact) mass is 351 g/mol. The van der Waals surface area contributed by atoms with Crippen molar-refractivity contribution < 1.29 is 14.8 Å². The number of aliphatic hydroxyl groups excluding tert-OH is 1. The molecule has 0 saturated heterocycles. The number of rotatable bonds is 4. The van der Waals surface area contributed by atoms with Crippen molar-refractivity contribution in [2.24, 2.45) is 0 Å². The number of ether oxygens (including phenoxy) is 1. The summed E-state index contributed by atoms with van der Waals surface area (Å²) in [4.78, 5) is 10.7. The zero-order valence-corrected chi connectivity index (χ0v) is 13.2. The van der Waals surface area contributed by atoms with Gasteiger partial charge in [0.2, 0.25) is 5.75 Å². The van der Waals surface area contributed by atoms with Gasteiger partial charge in [-0.05, 0) is 43.2 Å². The second-order valence-electron chi connectivity index (χ2n) is 4.70. The largest absolute Gasteiger partial charge is 0.449 e. The number of benzene rings is 2. The molecular formula is C15H14BrNO4. The SMILES string of the molecule is Cc1cc(C)c(Oc2ccc(Br)cc2CO)c([N+](=O)[O-])c1. The smallest absolute Gasteiger partial charge is 0.312 e. The molecule has 0 bridgehead atoms. The molecule has 110 valence electrons. The highest BCUT2D eigenvalue weighted by Crippen LogP contribution is 2.37. The first kappa shape index (κ1) is 15.5. The van der Waals surface area contributed by atoms with E-state index in [1.54, 1.807) is 32.0 Å². The van der Waals surface area contributed by atoms with Gasteiger partial charge in [0, 0.05) is 16.1 Å². The summed E-state index contributed by atoms with van der Waals surface area (Å²) >= 11 is 3.31. The van der Waals surface area contributed by atoms with E-state index >= 15 is 0 Å². The summed E-state index contributed by atoms with van der Waals surface area (Å²) in [5, 5.41) is 20.6. The summed E-state index contributed by atoms with van der Waals surface area (Å²) in [5.74, 6) is 0.596. The van der Waals surface area contributed by atoms with Crippen LogP contribution in [0.2, 0.25) is 0 Å². The van der Waals surface area contributed by atoms with E-state index in [1.165, 1.54) is 6.07 Å². The molecule has 0 atom stereocenters. The van der Waals surface area contributed by atoms with Crippen LogP contribution in [0.4, 0.5) is 5.69 Å². The van der Waals surface area contributed by atoms with E-state index in [4.69, 9.17) is 4.74 Å². The molecule has 2 aromatic rings. The number of hydrogen-bond donors (Lipinski definition) is 1. The van der Waals surface area contributed by atoms with Crippen LogP contribution in [0.1, 0.15) is 16.7 Å². The van der Waals surface area contributed by atoms with Gasteiger partial charge in [-0.2, -0.15) is 0 Å². The molecule has 5 nitrogen and oxygen atoms in total. The van der Waals surface area contributed by atoms with Crippen molar-refractivity contribution in [1.29, 1.82) is 0 Å². The molecule has 2 aromatic carbocycles. The molecule has 0 saturated carbocycles. The van der Waals surface area contributed by atoms with Crippen LogP contribution in [0.3, 0.4) is 0 Å². The van der Waals surface area contributed by atoms with Crippen LogP contribution in [-0.2, 0) is 6.61 Å². The van der Waals surface area contributed by atoms with Gasteiger partial charge in [0.25, 0.3) is 0 Å². The van der Waals surface area contributed by atoms with Gasteiger partial charge in [-0.15, -0.1) is 0 Å². The summed E-state index contributed by atoms with van der Waals surface area (Å²) in [6.45, 7) is 3.34. The third kappa shape index (κ3) is 3.40. The number of aliphatic hydroxyl groups is 1. The first-order valence-electron chi connectivity index (χ1n) is 6.25. The number of nitro groups is 1. The second-order valence-corrected chi connectivity index (χ2v) is 5.62. The zero-order chi connectivity index (χ0) is 15.6. The third-order valence-corrected chi connectivity index (χ3v) is 3.49. The van der Waals surface area contributed by atoms with Crippen molar-refractivity contribution in [2.45, 2.75) is 20.5 Å². The van der Waals surface area contributed by atoms with Crippen molar-refractivity contribution in [1.82, 2.24) is 0 Å². The summed E-state index contributed by atoms with van der Waals surface area (Å²) < 4.78 is 6.51. The molecule has 21 heavy (non-hydrogen) atoms. The molecule has 0 amide bonds. The fourth-order valence-electron chi connectivity index (χ4n) is 2.08. The molecule has 0 aliphatic carbocycles. The maximum atomic E-state index is 11.2. The number of hydrogen-bond acceptors (Lipinski definition) is 4. The van der Waals surface area contributed by atoms with E-state index in [9.17, 15) is 15.2 Å². The maximum Gasteiger partial charge on any atom is 0.312 e. The fourth-order valence-corrected chi connectivity index (χ4v) is 2.49. The van der Waals surface area contributed by atoms with Crippen LogP contribution in [0.25, 0.3) is 0 Å². The van der Waals surface area contributed by atoms with E-state index < -0.39 is 4.92 Å². The van der Waals surface area contributed by atoms with Gasteiger partial charge in [0.1, 0.15) is 5.75 Å². The lowest BCUT2D eigenvalue weighted by molar-refractivity contribution is -0.385. The van der Waals surface area contributed by atoms with Crippen molar-refractivity contribution in [3.8, 4) is 11.5 Å². The molecule has 0 unspecified atom stereocenters. The predicted molar refractivity (Wildman–Crippen MR) is 82.7 cm³/mol. The van der Waals surface area contributed by atoms with Crippen molar-refractivity contribution in [3.05, 3.63) is 61.6 Å². The summed E-state index contributed by atoms with van der Waals surface area (Å²) in [5.41, 5.74) is 1.94. The van der Waals surface area contributed by atoms with Crippen molar-refractivity contribution in [3.63, 3.8) is 0 Å². The molecule has 0 aromatic heterocycles. The Morgan fingerprint density at radius 1 is 1.29 bits per heavy atom. The van der Waals surface area contributed by atoms with Crippen LogP contribution in [-0.4, -0.2) is 10.0 Å². The maximum absolute atomic E-state index is 11.2. The molecule has 0 radical (unpaired) electrons. The molecule has 0 spiro atoms. The molecule has 1 N–H and O–H groups in total. The average Bonchev–Trinajstić information content (AvgIpc) is 2.42. The van der Waals surface area contributed by atoms with Gasteiger partial charge in [-0.3, -0.25) is 10.1 Å². The molecule has 2 rings (SSSR count). The molecular weight excluding hydrogens is 338 g/mol. The Morgan fingerprint density at radius 3 is 2.62 bits per heavy atom. The highest BCUT2D eigenvalue weighted by Gasteiger charge is 2.20. The fraction of sp³-hybridized carbons (Fsp3) is 0.200. The van der Waals surface area contributed by atoms with Crippen LogP contribution in [0.5, 0.6) is 11.5 Å². The highest BCUT2D eigenvalue weighted by molar-refractivity contribution is 9.10. The minimum Gasteiger partial charge on any atom is -0.449 e. The van der Waals surface area contributed by atoms with Crippen LogP contribution in [0.15, 0.2) is 34.8 Å². The topological polar surface area (TPSA) is 72.6 Å². The quantitative estimate of drug-likeness (QED) is 0.659. The highest BCUT2D eigenvalue weighted by atomic mass is 79.9. The van der Waals surface area contributed by atoms with E-state index in [-0.39, 0.29) is 18.0 Å². The zero-order valence-electron chi connectivity index (χ0n) is 11.6. The van der Waals surface area contributed by atoms with Gasteiger partial charge in [0.15, 0.2) is 0 Å². The van der Waals surface area contributed by atoms with E-state index in [2.05, 4.69) is 15.9 Å². The number of nitrogens with zero attached hydrogens (tertiary/aromatic N) is 1. The van der Waals surface area contributed by atoms with Gasteiger partial charge >= 0.3 is 5.69 Å². The lowest BCUT2D eigenvalue weighted by Gasteiger charge is -2.13. The predicted octanol–water partition coefficient (Wildman–Crippen LogP) is 4.26. The number of aryl methyl sites for hydroxylation is 2. The molecule has 6 heteroatoms. The first-order valence-corrected chi connectivity index (χ1v) is 7.04. The van der Waals surface area contributed by atoms with Gasteiger partial charge in [-0.25, -0.2) is 0 Å². The first-order chi connectivity index (χ1) is 9.92. The Kier molecular flexibility index (Phi) is 4.59. The molecule has 0 fully saturated rings. The Balaban J connectivity index is 2.51.